The summed E-state index contributed by atoms with van der Waals surface area (Å²) in [5, 5.41) is 3.35. The number of rotatable bonds is 7. The summed E-state index contributed by atoms with van der Waals surface area (Å²) in [6.07, 6.45) is 3.33. The van der Waals surface area contributed by atoms with Crippen molar-refractivity contribution in [1.29, 1.82) is 0 Å². The van der Waals surface area contributed by atoms with Crippen LogP contribution in [0.1, 0.15) is 12.5 Å². The molecule has 2 rings (SSSR count). The second kappa shape index (κ2) is 12.5. The highest BCUT2D eigenvalue weighted by atomic mass is 35.5. The van der Waals surface area contributed by atoms with E-state index in [0.717, 1.165) is 5.56 Å². The molecule has 0 bridgehead atoms. The topological polar surface area (TPSA) is 88.3 Å². The van der Waals surface area contributed by atoms with Crippen LogP contribution in [0.4, 0.5) is 5.69 Å². The van der Waals surface area contributed by atoms with E-state index in [1.54, 1.807) is 49.6 Å². The minimum Gasteiger partial charge on any atom is -0.330 e. The van der Waals surface area contributed by atoms with Gasteiger partial charge in [-0.05, 0) is 35.9 Å². The number of carbonyl (C=O) groups excluding carboxylic acids is 2. The zero-order valence-corrected chi connectivity index (χ0v) is 17.2. The molecule has 0 aliphatic heterocycles. The van der Waals surface area contributed by atoms with Gasteiger partial charge >= 0.3 is 0 Å². The van der Waals surface area contributed by atoms with Gasteiger partial charge in [0.25, 0.3) is 0 Å². The van der Waals surface area contributed by atoms with Crippen LogP contribution in [-0.2, 0) is 16.1 Å². The van der Waals surface area contributed by atoms with E-state index in [1.165, 1.54) is 4.90 Å². The van der Waals surface area contributed by atoms with Gasteiger partial charge in [0.1, 0.15) is 6.54 Å². The highest BCUT2D eigenvalue weighted by molar-refractivity contribution is 6.30. The molecule has 2 amide bonds. The number of halogens is 3. The van der Waals surface area contributed by atoms with E-state index in [9.17, 15) is 9.59 Å². The largest absolute Gasteiger partial charge is 0.330 e. The van der Waals surface area contributed by atoms with Gasteiger partial charge in [-0.2, -0.15) is 0 Å². The zero-order chi connectivity index (χ0) is 18.2. The number of amides is 2. The Morgan fingerprint density at radius 3 is 2.44 bits per heavy atom. The predicted octanol–water partition coefficient (Wildman–Crippen LogP) is 3.14. The Bertz CT molecular complexity index is 714. The van der Waals surface area contributed by atoms with Crippen LogP contribution in [0.3, 0.4) is 0 Å². The molecule has 2 aromatic rings. The maximum atomic E-state index is 12.5. The fourth-order valence-electron chi connectivity index (χ4n) is 2.24. The Balaban J connectivity index is 0.00000338. The minimum absolute atomic E-state index is 0. The number of carbonyl (C=O) groups is 2. The highest BCUT2D eigenvalue weighted by Crippen LogP contribution is 2.14. The summed E-state index contributed by atoms with van der Waals surface area (Å²) >= 11 is 5.83. The number of benzene rings is 1. The summed E-state index contributed by atoms with van der Waals surface area (Å²) in [7, 11) is 0. The van der Waals surface area contributed by atoms with E-state index in [0.29, 0.717) is 17.3 Å². The van der Waals surface area contributed by atoms with Gasteiger partial charge in [-0.15, -0.1) is 24.8 Å². The lowest BCUT2D eigenvalue weighted by atomic mass is 10.1. The van der Waals surface area contributed by atoms with Crippen molar-refractivity contribution in [2.24, 2.45) is 11.7 Å². The van der Waals surface area contributed by atoms with Crippen LogP contribution in [0, 0.1) is 5.92 Å². The lowest BCUT2D eigenvalue weighted by Crippen LogP contribution is -2.42. The average Bonchev–Trinajstić information content (AvgIpc) is 2.62. The third-order valence-electron chi connectivity index (χ3n) is 3.65. The van der Waals surface area contributed by atoms with Crippen LogP contribution >= 0.6 is 36.4 Å². The fourth-order valence-corrected chi connectivity index (χ4v) is 2.37. The number of pyridine rings is 1. The van der Waals surface area contributed by atoms with E-state index >= 15 is 0 Å². The number of hydrogen-bond acceptors (Lipinski definition) is 4. The smallest absolute Gasteiger partial charge is 0.244 e. The Hall–Kier alpha value is -1.86. The number of hydrogen-bond donors (Lipinski definition) is 2. The normalized spacial score (nSPS) is 10.8. The van der Waals surface area contributed by atoms with Gasteiger partial charge in [-0.25, -0.2) is 0 Å². The molecular formula is C18H23Cl3N4O2. The van der Waals surface area contributed by atoms with Crippen LogP contribution < -0.4 is 11.1 Å². The van der Waals surface area contributed by atoms with Crippen LogP contribution in [0.25, 0.3) is 0 Å². The molecule has 148 valence electrons. The lowest BCUT2D eigenvalue weighted by molar-refractivity contribution is -0.138. The van der Waals surface area contributed by atoms with Gasteiger partial charge in [0.05, 0.1) is 0 Å². The molecule has 0 aliphatic carbocycles. The summed E-state index contributed by atoms with van der Waals surface area (Å²) in [4.78, 5) is 30.4. The lowest BCUT2D eigenvalue weighted by Gasteiger charge is -2.25. The molecular weight excluding hydrogens is 411 g/mol. The number of nitrogens with zero attached hydrogens (tertiary/aromatic N) is 2. The van der Waals surface area contributed by atoms with Gasteiger partial charge in [-0.1, -0.05) is 24.6 Å². The molecule has 0 fully saturated rings. The van der Waals surface area contributed by atoms with Crippen molar-refractivity contribution >= 4 is 53.9 Å². The molecule has 1 aromatic carbocycles. The van der Waals surface area contributed by atoms with Crippen molar-refractivity contribution in [1.82, 2.24) is 9.88 Å². The first kappa shape index (κ1) is 25.1. The summed E-state index contributed by atoms with van der Waals surface area (Å²) < 4.78 is 0. The van der Waals surface area contributed by atoms with E-state index in [-0.39, 0.29) is 55.6 Å². The van der Waals surface area contributed by atoms with E-state index in [2.05, 4.69) is 10.3 Å². The SMILES string of the molecule is CC(CN)C(=O)N(CC(=O)Nc1ccc(Cl)cc1)Cc1cccnc1.Cl.Cl. The molecule has 1 heterocycles. The summed E-state index contributed by atoms with van der Waals surface area (Å²) in [5.41, 5.74) is 7.07. The first-order valence-electron chi connectivity index (χ1n) is 7.92. The fraction of sp³-hybridized carbons (Fsp3) is 0.278. The standard InChI is InChI=1S/C18H21ClN4O2.2ClH/c1-13(9-20)18(25)23(11-14-3-2-8-21-10-14)12-17(24)22-16-6-4-15(19)5-7-16;;/h2-8,10,13H,9,11-12,20H2,1H3,(H,22,24);2*1H. The Kier molecular flexibility index (Phi) is 11.7. The Labute approximate surface area is 176 Å². The molecule has 1 atom stereocenters. The Morgan fingerprint density at radius 2 is 1.89 bits per heavy atom. The molecule has 9 heteroatoms. The maximum absolute atomic E-state index is 12.5. The molecule has 0 saturated carbocycles. The molecule has 0 aliphatic rings. The first-order valence-corrected chi connectivity index (χ1v) is 8.30. The van der Waals surface area contributed by atoms with Gasteiger partial charge < -0.3 is 16.0 Å². The number of nitrogens with one attached hydrogen (secondary N) is 1. The third-order valence-corrected chi connectivity index (χ3v) is 3.90. The van der Waals surface area contributed by atoms with Crippen molar-refractivity contribution in [3.05, 3.63) is 59.4 Å². The highest BCUT2D eigenvalue weighted by Gasteiger charge is 2.22. The van der Waals surface area contributed by atoms with E-state index < -0.39 is 0 Å². The number of anilines is 1. The second-order valence-electron chi connectivity index (χ2n) is 5.75. The molecule has 1 unspecified atom stereocenters. The van der Waals surface area contributed by atoms with E-state index in [1.807, 2.05) is 6.07 Å². The van der Waals surface area contributed by atoms with Crippen molar-refractivity contribution in [3.8, 4) is 0 Å². The molecule has 0 saturated heterocycles. The molecule has 3 N–H and O–H groups in total. The quantitative estimate of drug-likeness (QED) is 0.702. The van der Waals surface area contributed by atoms with Gasteiger partial charge in [0, 0.05) is 42.1 Å². The van der Waals surface area contributed by atoms with Crippen molar-refractivity contribution in [2.45, 2.75) is 13.5 Å². The maximum Gasteiger partial charge on any atom is 0.244 e. The predicted molar refractivity (Wildman–Crippen MR) is 112 cm³/mol. The molecule has 6 nitrogen and oxygen atoms in total. The minimum atomic E-state index is -0.361. The van der Waals surface area contributed by atoms with Crippen LogP contribution in [-0.4, -0.2) is 34.8 Å². The zero-order valence-electron chi connectivity index (χ0n) is 14.8. The summed E-state index contributed by atoms with van der Waals surface area (Å²) in [5.74, 6) is -0.818. The number of nitrogens with two attached hydrogens (primary N) is 1. The van der Waals surface area contributed by atoms with Gasteiger partial charge in [0.15, 0.2) is 0 Å². The second-order valence-corrected chi connectivity index (χ2v) is 6.18. The summed E-state index contributed by atoms with van der Waals surface area (Å²) in [6.45, 7) is 2.20. The first-order chi connectivity index (χ1) is 12.0. The molecule has 1 aromatic heterocycles. The van der Waals surface area contributed by atoms with Crippen LogP contribution in [0.2, 0.25) is 5.02 Å². The third kappa shape index (κ3) is 8.13. The monoisotopic (exact) mass is 432 g/mol. The number of aromatic nitrogens is 1. The van der Waals surface area contributed by atoms with Crippen molar-refractivity contribution < 1.29 is 9.59 Å². The summed E-state index contributed by atoms with van der Waals surface area (Å²) in [6, 6.07) is 10.4. The van der Waals surface area contributed by atoms with E-state index in [4.69, 9.17) is 17.3 Å². The van der Waals surface area contributed by atoms with Crippen molar-refractivity contribution in [3.63, 3.8) is 0 Å². The van der Waals surface area contributed by atoms with Gasteiger partial charge in [0.2, 0.25) is 11.8 Å². The molecule has 27 heavy (non-hydrogen) atoms. The van der Waals surface area contributed by atoms with Gasteiger partial charge in [-0.3, -0.25) is 14.6 Å². The molecule has 0 spiro atoms. The molecule has 0 radical (unpaired) electrons. The van der Waals surface area contributed by atoms with Crippen molar-refractivity contribution in [2.75, 3.05) is 18.4 Å². The average molecular weight is 434 g/mol. The van der Waals surface area contributed by atoms with Crippen LogP contribution in [0.5, 0.6) is 0 Å². The van der Waals surface area contributed by atoms with Crippen LogP contribution in [0.15, 0.2) is 48.8 Å². The Morgan fingerprint density at radius 1 is 1.22 bits per heavy atom.